The summed E-state index contributed by atoms with van der Waals surface area (Å²) in [6, 6.07) is 6.32. The van der Waals surface area contributed by atoms with Crippen LogP contribution in [0.15, 0.2) is 28.7 Å². The molecule has 0 radical (unpaired) electrons. The molecule has 0 saturated carbocycles. The molecule has 1 unspecified atom stereocenters. The molecule has 3 N–H and O–H groups in total. The highest BCUT2D eigenvalue weighted by atomic mass is 19.1. The van der Waals surface area contributed by atoms with Crippen molar-refractivity contribution in [1.29, 1.82) is 0 Å². The molecule has 1 atom stereocenters. The van der Waals surface area contributed by atoms with Crippen LogP contribution in [-0.4, -0.2) is 13.2 Å². The first-order valence-electron chi connectivity index (χ1n) is 6.51. The van der Waals surface area contributed by atoms with Crippen LogP contribution < -0.4 is 11.3 Å². The lowest BCUT2D eigenvalue weighted by Gasteiger charge is -2.28. The van der Waals surface area contributed by atoms with Crippen LogP contribution in [0.5, 0.6) is 0 Å². The van der Waals surface area contributed by atoms with Gasteiger partial charge in [0.15, 0.2) is 0 Å². The summed E-state index contributed by atoms with van der Waals surface area (Å²) >= 11 is 0. The number of ether oxygens (including phenoxy) is 1. The zero-order valence-electron chi connectivity index (χ0n) is 10.6. The van der Waals surface area contributed by atoms with E-state index in [0.717, 1.165) is 37.2 Å². The molecule has 0 bridgehead atoms. The lowest BCUT2D eigenvalue weighted by Crippen LogP contribution is -2.35. The molecule has 1 aliphatic rings. The number of benzene rings is 1. The first-order chi connectivity index (χ1) is 9.28. The zero-order chi connectivity index (χ0) is 13.2. The quantitative estimate of drug-likeness (QED) is 0.660. The normalized spacial score (nSPS) is 18.8. The molecular weight excluding hydrogens is 247 g/mol. The van der Waals surface area contributed by atoms with E-state index in [0.29, 0.717) is 11.5 Å². The van der Waals surface area contributed by atoms with E-state index in [1.54, 1.807) is 6.07 Å². The molecule has 1 saturated heterocycles. The average Bonchev–Trinajstić information content (AvgIpc) is 2.83. The van der Waals surface area contributed by atoms with Crippen molar-refractivity contribution < 1.29 is 13.5 Å². The molecule has 1 fully saturated rings. The summed E-state index contributed by atoms with van der Waals surface area (Å²) in [6.45, 7) is 1.50. The Kier molecular flexibility index (Phi) is 3.50. The number of hydrogen-bond acceptors (Lipinski definition) is 4. The number of hydrogen-bond donors (Lipinski definition) is 2. The van der Waals surface area contributed by atoms with E-state index < -0.39 is 0 Å². The van der Waals surface area contributed by atoms with Crippen LogP contribution in [0, 0.1) is 11.7 Å². The average molecular weight is 264 g/mol. The summed E-state index contributed by atoms with van der Waals surface area (Å²) in [5.74, 6) is 6.54. The second-order valence-electron chi connectivity index (χ2n) is 4.93. The highest BCUT2D eigenvalue weighted by Gasteiger charge is 2.27. The third kappa shape index (κ3) is 2.49. The molecule has 1 aromatic carbocycles. The van der Waals surface area contributed by atoms with Gasteiger partial charge in [-0.25, -0.2) is 9.82 Å². The van der Waals surface area contributed by atoms with E-state index in [4.69, 9.17) is 15.0 Å². The van der Waals surface area contributed by atoms with Crippen molar-refractivity contribution in [1.82, 2.24) is 5.43 Å². The molecule has 2 heterocycles. The van der Waals surface area contributed by atoms with E-state index in [1.807, 2.05) is 6.07 Å². The molecule has 1 aromatic heterocycles. The van der Waals surface area contributed by atoms with Crippen LogP contribution in [-0.2, 0) is 4.74 Å². The maximum Gasteiger partial charge on any atom is 0.134 e. The fraction of sp³-hybridized carbons (Fsp3) is 0.429. The van der Waals surface area contributed by atoms with Crippen LogP contribution in [0.25, 0.3) is 11.0 Å². The van der Waals surface area contributed by atoms with Crippen molar-refractivity contribution in [3.05, 3.63) is 35.8 Å². The number of hydrazine groups is 1. The van der Waals surface area contributed by atoms with Gasteiger partial charge in [0, 0.05) is 18.6 Å². The Labute approximate surface area is 110 Å². The van der Waals surface area contributed by atoms with Gasteiger partial charge in [0.05, 0.1) is 6.04 Å². The third-order valence-corrected chi connectivity index (χ3v) is 3.72. The molecule has 0 aliphatic carbocycles. The summed E-state index contributed by atoms with van der Waals surface area (Å²) in [7, 11) is 0. The second-order valence-corrected chi connectivity index (χ2v) is 4.93. The molecule has 4 nitrogen and oxygen atoms in total. The Balaban J connectivity index is 1.91. The van der Waals surface area contributed by atoms with Crippen molar-refractivity contribution in [3.63, 3.8) is 0 Å². The van der Waals surface area contributed by atoms with Gasteiger partial charge in [0.2, 0.25) is 0 Å². The number of fused-ring (bicyclic) bond motifs is 1. The second kappa shape index (κ2) is 5.28. The van der Waals surface area contributed by atoms with E-state index in [2.05, 4.69) is 5.43 Å². The maximum atomic E-state index is 13.2. The monoisotopic (exact) mass is 264 g/mol. The first kappa shape index (κ1) is 12.6. The van der Waals surface area contributed by atoms with Crippen molar-refractivity contribution in [2.24, 2.45) is 11.8 Å². The summed E-state index contributed by atoms with van der Waals surface area (Å²) in [5, 5.41) is 0.766. The molecule has 5 heteroatoms. The largest absolute Gasteiger partial charge is 0.459 e. The Morgan fingerprint density at radius 2 is 2.05 bits per heavy atom. The standard InChI is InChI=1S/C14H17FN2O2/c15-11-1-2-12-10(7-11)8-13(19-12)14(17-16)9-3-5-18-6-4-9/h1-2,7-9,14,17H,3-6,16H2. The zero-order valence-corrected chi connectivity index (χ0v) is 10.6. The van der Waals surface area contributed by atoms with Gasteiger partial charge >= 0.3 is 0 Å². The Hall–Kier alpha value is -1.43. The van der Waals surface area contributed by atoms with Crippen molar-refractivity contribution in [2.75, 3.05) is 13.2 Å². The van der Waals surface area contributed by atoms with Gasteiger partial charge in [0.25, 0.3) is 0 Å². The molecule has 19 heavy (non-hydrogen) atoms. The minimum atomic E-state index is -0.261. The van der Waals surface area contributed by atoms with Crippen LogP contribution in [0.1, 0.15) is 24.6 Å². The number of furan rings is 1. The van der Waals surface area contributed by atoms with Crippen LogP contribution in [0.4, 0.5) is 4.39 Å². The lowest BCUT2D eigenvalue weighted by molar-refractivity contribution is 0.0509. The molecule has 3 rings (SSSR count). The van der Waals surface area contributed by atoms with E-state index in [1.165, 1.54) is 12.1 Å². The molecular formula is C14H17FN2O2. The Morgan fingerprint density at radius 3 is 2.79 bits per heavy atom. The number of halogens is 1. The van der Waals surface area contributed by atoms with Crippen LogP contribution >= 0.6 is 0 Å². The lowest BCUT2D eigenvalue weighted by atomic mass is 9.90. The fourth-order valence-electron chi connectivity index (χ4n) is 2.69. The number of nitrogens with two attached hydrogens (primary N) is 1. The van der Waals surface area contributed by atoms with Crippen molar-refractivity contribution in [2.45, 2.75) is 18.9 Å². The third-order valence-electron chi connectivity index (χ3n) is 3.72. The van der Waals surface area contributed by atoms with E-state index in [-0.39, 0.29) is 11.9 Å². The molecule has 2 aromatic rings. The molecule has 0 amide bonds. The maximum absolute atomic E-state index is 13.2. The highest BCUT2D eigenvalue weighted by Crippen LogP contribution is 2.33. The van der Waals surface area contributed by atoms with Crippen molar-refractivity contribution >= 4 is 11.0 Å². The van der Waals surface area contributed by atoms with Gasteiger partial charge in [-0.05, 0) is 43.0 Å². The molecule has 102 valence electrons. The van der Waals surface area contributed by atoms with Gasteiger partial charge in [-0.3, -0.25) is 5.84 Å². The van der Waals surface area contributed by atoms with E-state index >= 15 is 0 Å². The SMILES string of the molecule is NNC(c1cc2cc(F)ccc2o1)C1CCOCC1. The van der Waals surface area contributed by atoms with Gasteiger partial charge in [-0.2, -0.15) is 0 Å². The highest BCUT2D eigenvalue weighted by molar-refractivity contribution is 5.78. The number of rotatable bonds is 3. The summed E-state index contributed by atoms with van der Waals surface area (Å²) in [4.78, 5) is 0. The Bertz CT molecular complexity index is 564. The predicted molar refractivity (Wildman–Crippen MR) is 69.8 cm³/mol. The molecule has 0 spiro atoms. The number of nitrogens with one attached hydrogen (secondary N) is 1. The van der Waals surface area contributed by atoms with E-state index in [9.17, 15) is 4.39 Å². The topological polar surface area (TPSA) is 60.4 Å². The summed E-state index contributed by atoms with van der Waals surface area (Å²) in [5.41, 5.74) is 3.50. The smallest absolute Gasteiger partial charge is 0.134 e. The minimum Gasteiger partial charge on any atom is -0.459 e. The predicted octanol–water partition coefficient (Wildman–Crippen LogP) is 2.50. The van der Waals surface area contributed by atoms with Crippen LogP contribution in [0.3, 0.4) is 0 Å². The van der Waals surface area contributed by atoms with Crippen LogP contribution in [0.2, 0.25) is 0 Å². The van der Waals surface area contributed by atoms with Gasteiger partial charge < -0.3 is 9.15 Å². The van der Waals surface area contributed by atoms with Crippen molar-refractivity contribution in [3.8, 4) is 0 Å². The first-order valence-corrected chi connectivity index (χ1v) is 6.51. The minimum absolute atomic E-state index is 0.0561. The van der Waals surface area contributed by atoms with Gasteiger partial charge in [-0.15, -0.1) is 0 Å². The summed E-state index contributed by atoms with van der Waals surface area (Å²) in [6.07, 6.45) is 1.89. The Morgan fingerprint density at radius 1 is 1.26 bits per heavy atom. The van der Waals surface area contributed by atoms with Gasteiger partial charge in [0.1, 0.15) is 17.2 Å². The molecule has 1 aliphatic heterocycles. The summed E-state index contributed by atoms with van der Waals surface area (Å²) < 4.78 is 24.3. The van der Waals surface area contributed by atoms with Gasteiger partial charge in [-0.1, -0.05) is 0 Å². The fourth-order valence-corrected chi connectivity index (χ4v) is 2.69.